The third-order valence-corrected chi connectivity index (χ3v) is 4.07. The Labute approximate surface area is 96.2 Å². The molecule has 0 fully saturated rings. The third kappa shape index (κ3) is 2.24. The van der Waals surface area contributed by atoms with Crippen molar-refractivity contribution in [1.29, 1.82) is 0 Å². The smallest absolute Gasteiger partial charge is 0.246 e. The van der Waals surface area contributed by atoms with Gasteiger partial charge in [0.1, 0.15) is 3.70 Å². The second-order valence-electron chi connectivity index (χ2n) is 2.24. The fraction of sp³-hybridized carbons (Fsp3) is 0.286. The summed E-state index contributed by atoms with van der Waals surface area (Å²) in [6.45, 7) is 1.60. The minimum Gasteiger partial charge on any atom is -0.246 e. The fourth-order valence-corrected chi connectivity index (χ4v) is 1.76. The van der Waals surface area contributed by atoms with Crippen LogP contribution in [-0.4, -0.2) is 4.98 Å². The van der Waals surface area contributed by atoms with Crippen molar-refractivity contribution in [3.8, 4) is 0 Å². The minimum atomic E-state index is -2.43. The SMILES string of the molecule is Cc1nc(I)c(I)cc1C(F)F. The van der Waals surface area contributed by atoms with Crippen LogP contribution in [0.2, 0.25) is 0 Å². The number of aromatic nitrogens is 1. The van der Waals surface area contributed by atoms with Gasteiger partial charge >= 0.3 is 0 Å². The standard InChI is InChI=1S/C7H5F2I2N/c1-3-4(6(8)9)2-5(10)7(11)12-3/h2,6H,1H3. The average Bonchev–Trinajstić information content (AvgIpc) is 1.96. The van der Waals surface area contributed by atoms with Crippen molar-refractivity contribution in [1.82, 2.24) is 4.98 Å². The number of hydrogen-bond acceptors (Lipinski definition) is 1. The summed E-state index contributed by atoms with van der Waals surface area (Å²) < 4.78 is 26.1. The number of nitrogens with zero attached hydrogens (tertiary/aromatic N) is 1. The molecule has 1 aromatic rings. The molecule has 66 valence electrons. The molecule has 1 aromatic heterocycles. The Balaban J connectivity index is 3.23. The van der Waals surface area contributed by atoms with E-state index >= 15 is 0 Å². The van der Waals surface area contributed by atoms with E-state index in [2.05, 4.69) is 4.98 Å². The molecule has 1 rings (SSSR count). The Morgan fingerprint density at radius 1 is 1.42 bits per heavy atom. The van der Waals surface area contributed by atoms with Crippen LogP contribution in [0.1, 0.15) is 17.7 Å². The molecule has 1 nitrogen and oxygen atoms in total. The first-order valence-corrected chi connectivity index (χ1v) is 5.29. The van der Waals surface area contributed by atoms with Crippen LogP contribution in [0.25, 0.3) is 0 Å². The van der Waals surface area contributed by atoms with Crippen LogP contribution in [0.5, 0.6) is 0 Å². The van der Waals surface area contributed by atoms with Crippen LogP contribution in [0.15, 0.2) is 6.07 Å². The predicted octanol–water partition coefficient (Wildman–Crippen LogP) is 3.54. The lowest BCUT2D eigenvalue weighted by Gasteiger charge is -2.05. The van der Waals surface area contributed by atoms with Crippen LogP contribution in [-0.2, 0) is 0 Å². The van der Waals surface area contributed by atoms with Gasteiger partial charge in [-0.15, -0.1) is 0 Å². The van der Waals surface area contributed by atoms with E-state index in [1.54, 1.807) is 6.92 Å². The normalized spacial score (nSPS) is 10.8. The van der Waals surface area contributed by atoms with Crippen molar-refractivity contribution in [2.75, 3.05) is 0 Å². The van der Waals surface area contributed by atoms with Crippen molar-refractivity contribution < 1.29 is 8.78 Å². The van der Waals surface area contributed by atoms with Crippen LogP contribution in [0.4, 0.5) is 8.78 Å². The van der Waals surface area contributed by atoms with Gasteiger partial charge in [-0.25, -0.2) is 13.8 Å². The maximum absolute atomic E-state index is 12.3. The van der Waals surface area contributed by atoms with E-state index in [0.717, 1.165) is 7.27 Å². The molecule has 0 bridgehead atoms. The largest absolute Gasteiger partial charge is 0.265 e. The van der Waals surface area contributed by atoms with Crippen molar-refractivity contribution in [2.24, 2.45) is 0 Å². The molecule has 0 radical (unpaired) electrons. The molecule has 0 saturated carbocycles. The summed E-state index contributed by atoms with van der Waals surface area (Å²) in [6.07, 6.45) is -2.43. The van der Waals surface area contributed by atoms with E-state index in [1.807, 2.05) is 45.2 Å². The number of rotatable bonds is 1. The number of hydrogen-bond donors (Lipinski definition) is 0. The summed E-state index contributed by atoms with van der Waals surface area (Å²) in [5.41, 5.74) is 0.439. The molecule has 0 amide bonds. The first-order valence-electron chi connectivity index (χ1n) is 3.13. The van der Waals surface area contributed by atoms with Gasteiger partial charge in [0.05, 0.1) is 0 Å². The number of pyridine rings is 1. The molecule has 0 unspecified atom stereocenters. The van der Waals surface area contributed by atoms with Gasteiger partial charge < -0.3 is 0 Å². The topological polar surface area (TPSA) is 12.9 Å². The summed E-state index contributed by atoms with van der Waals surface area (Å²) >= 11 is 4.02. The lowest BCUT2D eigenvalue weighted by Crippen LogP contribution is -1.97. The lowest BCUT2D eigenvalue weighted by molar-refractivity contribution is 0.150. The van der Waals surface area contributed by atoms with Gasteiger partial charge in [0, 0.05) is 14.8 Å². The molecule has 0 N–H and O–H groups in total. The van der Waals surface area contributed by atoms with Gasteiger partial charge in [0.15, 0.2) is 0 Å². The van der Waals surface area contributed by atoms with Crippen molar-refractivity contribution in [3.63, 3.8) is 0 Å². The molecule has 1 heterocycles. The molecular formula is C7H5F2I2N. The van der Waals surface area contributed by atoms with E-state index < -0.39 is 6.43 Å². The Bertz CT molecular complexity index is 302. The number of halogens is 4. The van der Waals surface area contributed by atoms with Crippen molar-refractivity contribution in [2.45, 2.75) is 13.3 Å². The molecule has 0 atom stereocenters. The molecule has 12 heavy (non-hydrogen) atoms. The first-order chi connectivity index (χ1) is 5.52. The molecule has 0 aromatic carbocycles. The maximum atomic E-state index is 12.3. The highest BCUT2D eigenvalue weighted by Gasteiger charge is 2.13. The molecule has 0 aliphatic rings. The molecule has 0 spiro atoms. The van der Waals surface area contributed by atoms with Crippen LogP contribution < -0.4 is 0 Å². The fourth-order valence-electron chi connectivity index (χ4n) is 0.787. The van der Waals surface area contributed by atoms with Gasteiger partial charge in [-0.2, -0.15) is 0 Å². The van der Waals surface area contributed by atoms with Crippen LogP contribution >= 0.6 is 45.2 Å². The third-order valence-electron chi connectivity index (χ3n) is 1.40. The zero-order chi connectivity index (χ0) is 9.30. The molecule has 5 heteroatoms. The van der Waals surface area contributed by atoms with E-state index in [9.17, 15) is 8.78 Å². The highest BCUT2D eigenvalue weighted by Crippen LogP contribution is 2.25. The monoisotopic (exact) mass is 395 g/mol. The average molecular weight is 395 g/mol. The Hall–Kier alpha value is 0.470. The summed E-state index contributed by atoms with van der Waals surface area (Å²) in [7, 11) is 0. The highest BCUT2D eigenvalue weighted by molar-refractivity contribution is 14.1. The second-order valence-corrected chi connectivity index (χ2v) is 4.42. The summed E-state index contributed by atoms with van der Waals surface area (Å²) in [5, 5.41) is 0. The molecule has 0 aliphatic carbocycles. The van der Waals surface area contributed by atoms with Gasteiger partial charge in [-0.3, -0.25) is 0 Å². The predicted molar refractivity (Wildman–Crippen MR) is 59.4 cm³/mol. The zero-order valence-corrected chi connectivity index (χ0v) is 10.4. The van der Waals surface area contributed by atoms with Gasteiger partial charge in [-0.05, 0) is 58.2 Å². The second kappa shape index (κ2) is 4.12. The minimum absolute atomic E-state index is 0.0276. The van der Waals surface area contributed by atoms with Gasteiger partial charge in [-0.1, -0.05) is 0 Å². The first kappa shape index (κ1) is 10.6. The number of alkyl halides is 2. The summed E-state index contributed by atoms with van der Waals surface area (Å²) in [4.78, 5) is 3.99. The van der Waals surface area contributed by atoms with Crippen LogP contribution in [0, 0.1) is 14.2 Å². The van der Waals surface area contributed by atoms with Gasteiger partial charge in [0.2, 0.25) is 0 Å². The maximum Gasteiger partial charge on any atom is 0.265 e. The molecular weight excluding hydrogens is 390 g/mol. The van der Waals surface area contributed by atoms with E-state index in [1.165, 1.54) is 6.07 Å². The number of aryl methyl sites for hydroxylation is 1. The summed E-state index contributed by atoms with van der Waals surface area (Å²) in [5.74, 6) is 0. The van der Waals surface area contributed by atoms with Crippen LogP contribution in [0.3, 0.4) is 0 Å². The van der Waals surface area contributed by atoms with Gasteiger partial charge in [0.25, 0.3) is 6.43 Å². The molecule has 0 aliphatic heterocycles. The molecule has 0 saturated heterocycles. The van der Waals surface area contributed by atoms with Crippen molar-refractivity contribution >= 4 is 45.2 Å². The quantitative estimate of drug-likeness (QED) is 0.524. The Kier molecular flexibility index (Phi) is 3.62. The highest BCUT2D eigenvalue weighted by atomic mass is 127. The zero-order valence-electron chi connectivity index (χ0n) is 6.11. The van der Waals surface area contributed by atoms with E-state index in [4.69, 9.17) is 0 Å². The lowest BCUT2D eigenvalue weighted by atomic mass is 10.2. The van der Waals surface area contributed by atoms with Crippen molar-refractivity contribution in [3.05, 3.63) is 24.6 Å². The Morgan fingerprint density at radius 3 is 2.50 bits per heavy atom. The summed E-state index contributed by atoms with van der Waals surface area (Å²) in [6, 6.07) is 1.48. The van der Waals surface area contributed by atoms with E-state index in [0.29, 0.717) is 5.69 Å². The van der Waals surface area contributed by atoms with E-state index in [-0.39, 0.29) is 5.56 Å². The Morgan fingerprint density at radius 2 is 2.00 bits per heavy atom.